The van der Waals surface area contributed by atoms with E-state index < -0.39 is 0 Å². The molecule has 2 N–H and O–H groups in total. The summed E-state index contributed by atoms with van der Waals surface area (Å²) in [4.78, 5) is 11.6. The number of anilines is 1. The summed E-state index contributed by atoms with van der Waals surface area (Å²) in [6.07, 6.45) is 5.84. The fourth-order valence-corrected chi connectivity index (χ4v) is 1.83. The summed E-state index contributed by atoms with van der Waals surface area (Å²) in [6.45, 7) is 7.74. The maximum Gasteiger partial charge on any atom is 0.153 e. The largest absolute Gasteiger partial charge is 0.368 e. The van der Waals surface area contributed by atoms with E-state index >= 15 is 0 Å². The van der Waals surface area contributed by atoms with Gasteiger partial charge < -0.3 is 10.3 Å². The molecule has 17 heavy (non-hydrogen) atoms. The highest BCUT2D eigenvalue weighted by Gasteiger charge is 2.09. The summed E-state index contributed by atoms with van der Waals surface area (Å²) in [6, 6.07) is 1.96. The van der Waals surface area contributed by atoms with E-state index in [1.165, 1.54) is 6.42 Å². The van der Waals surface area contributed by atoms with E-state index in [4.69, 9.17) is 0 Å². The van der Waals surface area contributed by atoms with Crippen LogP contribution in [-0.4, -0.2) is 21.5 Å². The predicted molar refractivity (Wildman–Crippen MR) is 71.1 cm³/mol. The first kappa shape index (κ1) is 11.9. The highest BCUT2D eigenvalue weighted by Crippen LogP contribution is 2.21. The van der Waals surface area contributed by atoms with Gasteiger partial charge in [0.2, 0.25) is 0 Å². The Morgan fingerprint density at radius 2 is 2.12 bits per heavy atom. The average molecular weight is 232 g/mol. The highest BCUT2D eigenvalue weighted by atomic mass is 15.0. The molecule has 0 saturated carbocycles. The predicted octanol–water partition coefficient (Wildman–Crippen LogP) is 3.20. The lowest BCUT2D eigenvalue weighted by Gasteiger charge is -2.17. The van der Waals surface area contributed by atoms with E-state index in [9.17, 15) is 0 Å². The zero-order valence-corrected chi connectivity index (χ0v) is 10.7. The van der Waals surface area contributed by atoms with Gasteiger partial charge in [0.05, 0.1) is 5.52 Å². The van der Waals surface area contributed by atoms with E-state index in [2.05, 4.69) is 41.0 Å². The maximum atomic E-state index is 4.26. The molecule has 0 aliphatic heterocycles. The minimum absolute atomic E-state index is 0.398. The lowest BCUT2D eigenvalue weighted by molar-refractivity contribution is 0.370. The van der Waals surface area contributed by atoms with Crippen LogP contribution in [0.1, 0.15) is 33.6 Å². The fraction of sp³-hybridized carbons (Fsp3) is 0.538. The van der Waals surface area contributed by atoms with E-state index in [-0.39, 0.29) is 0 Å². The van der Waals surface area contributed by atoms with Crippen molar-refractivity contribution < 1.29 is 0 Å². The quantitative estimate of drug-likeness (QED) is 0.796. The van der Waals surface area contributed by atoms with Crippen molar-refractivity contribution in [3.8, 4) is 0 Å². The van der Waals surface area contributed by atoms with Crippen LogP contribution in [0.15, 0.2) is 18.6 Å². The first-order valence-corrected chi connectivity index (χ1v) is 6.08. The van der Waals surface area contributed by atoms with Crippen LogP contribution >= 0.6 is 0 Å². The van der Waals surface area contributed by atoms with Crippen LogP contribution in [0.25, 0.3) is 11.0 Å². The molecule has 0 aromatic carbocycles. The number of fused-ring (bicyclic) bond motifs is 1. The molecule has 4 nitrogen and oxygen atoms in total. The molecule has 92 valence electrons. The first-order valence-electron chi connectivity index (χ1n) is 6.08. The van der Waals surface area contributed by atoms with Crippen molar-refractivity contribution in [2.24, 2.45) is 5.41 Å². The van der Waals surface area contributed by atoms with Gasteiger partial charge in [0.1, 0.15) is 11.8 Å². The highest BCUT2D eigenvalue weighted by molar-refractivity contribution is 5.85. The van der Waals surface area contributed by atoms with Gasteiger partial charge in [-0.3, -0.25) is 0 Å². The van der Waals surface area contributed by atoms with Crippen LogP contribution < -0.4 is 5.32 Å². The Balaban J connectivity index is 1.93. The van der Waals surface area contributed by atoms with Crippen molar-refractivity contribution in [1.29, 1.82) is 0 Å². The van der Waals surface area contributed by atoms with Gasteiger partial charge in [-0.15, -0.1) is 0 Å². The molecule has 2 heterocycles. The van der Waals surface area contributed by atoms with E-state index in [1.54, 1.807) is 6.33 Å². The minimum atomic E-state index is 0.398. The molecule has 0 fully saturated rings. The van der Waals surface area contributed by atoms with Crippen LogP contribution in [0.5, 0.6) is 0 Å². The number of hydrogen-bond acceptors (Lipinski definition) is 3. The fourth-order valence-electron chi connectivity index (χ4n) is 1.83. The zero-order valence-electron chi connectivity index (χ0n) is 10.7. The Morgan fingerprint density at radius 3 is 2.88 bits per heavy atom. The smallest absolute Gasteiger partial charge is 0.153 e. The molecular formula is C13H20N4. The van der Waals surface area contributed by atoms with Gasteiger partial charge in [-0.05, 0) is 24.3 Å². The third-order valence-electron chi connectivity index (χ3n) is 2.74. The molecule has 2 rings (SSSR count). The molecule has 0 saturated heterocycles. The van der Waals surface area contributed by atoms with Crippen molar-refractivity contribution in [2.75, 3.05) is 11.9 Å². The number of aromatic amines is 1. The Kier molecular flexibility index (Phi) is 3.31. The molecule has 0 aliphatic carbocycles. The minimum Gasteiger partial charge on any atom is -0.368 e. The van der Waals surface area contributed by atoms with E-state index in [0.717, 1.165) is 29.8 Å². The second kappa shape index (κ2) is 4.73. The van der Waals surface area contributed by atoms with Crippen LogP contribution in [0.4, 0.5) is 5.82 Å². The summed E-state index contributed by atoms with van der Waals surface area (Å²) in [7, 11) is 0. The Bertz CT molecular complexity index is 481. The van der Waals surface area contributed by atoms with Crippen LogP contribution in [0.2, 0.25) is 0 Å². The van der Waals surface area contributed by atoms with Crippen molar-refractivity contribution in [3.05, 3.63) is 18.6 Å². The number of nitrogens with zero attached hydrogens (tertiary/aromatic N) is 2. The first-order chi connectivity index (χ1) is 8.06. The van der Waals surface area contributed by atoms with Crippen molar-refractivity contribution in [2.45, 2.75) is 33.6 Å². The molecule has 0 radical (unpaired) electrons. The van der Waals surface area contributed by atoms with Crippen molar-refractivity contribution >= 4 is 16.9 Å². The van der Waals surface area contributed by atoms with E-state index in [0.29, 0.717) is 5.41 Å². The van der Waals surface area contributed by atoms with Gasteiger partial charge in [-0.1, -0.05) is 20.8 Å². The summed E-state index contributed by atoms with van der Waals surface area (Å²) >= 11 is 0. The molecule has 0 spiro atoms. The maximum absolute atomic E-state index is 4.26. The summed E-state index contributed by atoms with van der Waals surface area (Å²) in [5.74, 6) is 0.897. The van der Waals surface area contributed by atoms with E-state index in [1.807, 2.05) is 12.3 Å². The molecule has 0 bridgehead atoms. The lowest BCUT2D eigenvalue weighted by atomic mass is 9.91. The lowest BCUT2D eigenvalue weighted by Crippen LogP contribution is -2.10. The molecule has 0 unspecified atom stereocenters. The Hall–Kier alpha value is -1.58. The Morgan fingerprint density at radius 1 is 1.29 bits per heavy atom. The van der Waals surface area contributed by atoms with Gasteiger partial charge in [0.25, 0.3) is 0 Å². The third kappa shape index (κ3) is 3.19. The van der Waals surface area contributed by atoms with Crippen LogP contribution in [0, 0.1) is 5.41 Å². The van der Waals surface area contributed by atoms with Crippen molar-refractivity contribution in [3.63, 3.8) is 0 Å². The van der Waals surface area contributed by atoms with Gasteiger partial charge in [-0.2, -0.15) is 0 Å². The number of rotatable bonds is 4. The average Bonchev–Trinajstić information content (AvgIpc) is 2.71. The molecule has 0 aliphatic rings. The molecular weight excluding hydrogens is 212 g/mol. The molecule has 2 aromatic rings. The monoisotopic (exact) mass is 232 g/mol. The van der Waals surface area contributed by atoms with Gasteiger partial charge >= 0.3 is 0 Å². The van der Waals surface area contributed by atoms with Crippen LogP contribution in [0.3, 0.4) is 0 Å². The SMILES string of the molecule is CC(C)(C)CCCNc1ncnc2cc[nH]c12. The summed E-state index contributed by atoms with van der Waals surface area (Å²) in [5, 5.41) is 3.36. The van der Waals surface area contributed by atoms with Gasteiger partial charge in [0.15, 0.2) is 5.82 Å². The second-order valence-corrected chi connectivity index (χ2v) is 5.55. The molecule has 0 amide bonds. The number of aromatic nitrogens is 3. The standard InChI is InChI=1S/C13H20N4/c1-13(2,3)6-4-7-15-12-11-10(5-8-14-11)16-9-17-12/h5,8-9,14H,4,6-7H2,1-3H3,(H,15,16,17). The van der Waals surface area contributed by atoms with Gasteiger partial charge in [0, 0.05) is 12.7 Å². The van der Waals surface area contributed by atoms with Crippen molar-refractivity contribution in [1.82, 2.24) is 15.0 Å². The molecule has 2 aromatic heterocycles. The topological polar surface area (TPSA) is 53.6 Å². The zero-order chi connectivity index (χ0) is 12.3. The molecule has 4 heteroatoms. The number of hydrogen-bond donors (Lipinski definition) is 2. The second-order valence-electron chi connectivity index (χ2n) is 5.55. The third-order valence-corrected chi connectivity index (χ3v) is 2.74. The molecule has 0 atom stereocenters. The summed E-state index contributed by atoms with van der Waals surface area (Å²) < 4.78 is 0. The number of H-pyrrole nitrogens is 1. The number of nitrogens with one attached hydrogen (secondary N) is 2. The normalized spacial score (nSPS) is 11.9. The van der Waals surface area contributed by atoms with Gasteiger partial charge in [-0.25, -0.2) is 9.97 Å². The van der Waals surface area contributed by atoms with Crippen LogP contribution in [-0.2, 0) is 0 Å². The Labute approximate surface area is 102 Å². The summed E-state index contributed by atoms with van der Waals surface area (Å²) in [5.41, 5.74) is 2.34.